The number of benzene rings is 1. The van der Waals surface area contributed by atoms with Crippen LogP contribution in [0.5, 0.6) is 5.75 Å². The lowest BCUT2D eigenvalue weighted by Crippen LogP contribution is -2.34. The molecule has 1 aromatic rings. The Kier molecular flexibility index (Phi) is 5.51. The minimum absolute atomic E-state index is 0.120. The number of halogens is 1. The van der Waals surface area contributed by atoms with Crippen LogP contribution in [0.2, 0.25) is 0 Å². The Morgan fingerprint density at radius 2 is 2.09 bits per heavy atom. The van der Waals surface area contributed by atoms with Gasteiger partial charge in [-0.1, -0.05) is 12.1 Å². The molecule has 2 rings (SSSR count). The number of carbonyl (C=O) groups is 3. The van der Waals surface area contributed by atoms with Crippen LogP contribution in [0.3, 0.4) is 0 Å². The quantitative estimate of drug-likeness (QED) is 0.721. The maximum Gasteiger partial charge on any atom is 0.322 e. The fraction of sp³-hybridized carbons (Fsp3) is 0.400. The van der Waals surface area contributed by atoms with Crippen LogP contribution in [0.15, 0.2) is 24.3 Å². The highest BCUT2D eigenvalue weighted by Gasteiger charge is 2.29. The van der Waals surface area contributed by atoms with E-state index in [0.29, 0.717) is 0 Å². The molecule has 23 heavy (non-hydrogen) atoms. The summed E-state index contributed by atoms with van der Waals surface area (Å²) >= 11 is 0. The second-order valence-corrected chi connectivity index (χ2v) is 5.15. The zero-order chi connectivity index (χ0) is 16.8. The third-order valence-electron chi connectivity index (χ3n) is 3.45. The summed E-state index contributed by atoms with van der Waals surface area (Å²) in [6.07, 6.45) is 0.351. The second kappa shape index (κ2) is 7.57. The third kappa shape index (κ3) is 4.67. The molecule has 124 valence electrons. The fourth-order valence-electron chi connectivity index (χ4n) is 2.10. The number of likely N-dealkylation sites (N-methyl/N-ethyl adjacent to an activating group) is 1. The molecule has 8 heteroatoms. The Labute approximate surface area is 132 Å². The standard InChI is InChI=1S/C15H18FN3O4/c1-19(8-9-23-12-5-3-2-4-10(12)16)13(20)7-6-11-14(21)18-15(22)17-11/h2-5,11H,6-9H2,1H3,(H2,17,18,21,22). The number of ether oxygens (including phenoxy) is 1. The van der Waals surface area contributed by atoms with Crippen molar-refractivity contribution in [2.75, 3.05) is 20.2 Å². The lowest BCUT2D eigenvalue weighted by molar-refractivity contribution is -0.130. The van der Waals surface area contributed by atoms with Crippen molar-refractivity contribution in [3.8, 4) is 5.75 Å². The Morgan fingerprint density at radius 3 is 2.74 bits per heavy atom. The van der Waals surface area contributed by atoms with Crippen molar-refractivity contribution in [2.45, 2.75) is 18.9 Å². The van der Waals surface area contributed by atoms with E-state index in [2.05, 4.69) is 10.6 Å². The van der Waals surface area contributed by atoms with Crippen LogP contribution >= 0.6 is 0 Å². The predicted molar refractivity (Wildman–Crippen MR) is 79.2 cm³/mol. The van der Waals surface area contributed by atoms with E-state index < -0.39 is 23.8 Å². The smallest absolute Gasteiger partial charge is 0.322 e. The number of imide groups is 1. The summed E-state index contributed by atoms with van der Waals surface area (Å²) in [5.74, 6) is -0.924. The Morgan fingerprint density at radius 1 is 1.35 bits per heavy atom. The molecule has 0 saturated carbocycles. The van der Waals surface area contributed by atoms with Crippen LogP contribution in [-0.4, -0.2) is 49.0 Å². The van der Waals surface area contributed by atoms with E-state index in [4.69, 9.17) is 4.74 Å². The molecule has 1 aliphatic heterocycles. The van der Waals surface area contributed by atoms with Crippen molar-refractivity contribution in [2.24, 2.45) is 0 Å². The van der Waals surface area contributed by atoms with E-state index in [0.717, 1.165) is 0 Å². The number of amides is 4. The highest BCUT2D eigenvalue weighted by Crippen LogP contribution is 2.15. The van der Waals surface area contributed by atoms with Gasteiger partial charge in [-0.2, -0.15) is 0 Å². The average molecular weight is 323 g/mol. The van der Waals surface area contributed by atoms with Crippen LogP contribution in [0.1, 0.15) is 12.8 Å². The van der Waals surface area contributed by atoms with Gasteiger partial charge in [-0.05, 0) is 18.6 Å². The van der Waals surface area contributed by atoms with Gasteiger partial charge in [0.25, 0.3) is 5.91 Å². The van der Waals surface area contributed by atoms with Crippen LogP contribution in [0.25, 0.3) is 0 Å². The first-order valence-electron chi connectivity index (χ1n) is 7.20. The molecule has 2 N–H and O–H groups in total. The number of nitrogens with one attached hydrogen (secondary N) is 2. The van der Waals surface area contributed by atoms with E-state index in [1.807, 2.05) is 0 Å². The van der Waals surface area contributed by atoms with Crippen molar-refractivity contribution in [3.63, 3.8) is 0 Å². The topological polar surface area (TPSA) is 87.7 Å². The molecule has 0 bridgehead atoms. The number of para-hydroxylation sites is 1. The van der Waals surface area contributed by atoms with Gasteiger partial charge in [0.05, 0.1) is 6.54 Å². The maximum absolute atomic E-state index is 13.4. The number of hydrogen-bond acceptors (Lipinski definition) is 4. The second-order valence-electron chi connectivity index (χ2n) is 5.15. The zero-order valence-electron chi connectivity index (χ0n) is 12.7. The third-order valence-corrected chi connectivity index (χ3v) is 3.45. The molecule has 1 heterocycles. The summed E-state index contributed by atoms with van der Waals surface area (Å²) in [5.41, 5.74) is 0. The molecule has 1 aromatic carbocycles. The maximum atomic E-state index is 13.4. The molecule has 1 aliphatic rings. The van der Waals surface area contributed by atoms with Crippen molar-refractivity contribution in [1.29, 1.82) is 0 Å². The van der Waals surface area contributed by atoms with E-state index in [9.17, 15) is 18.8 Å². The average Bonchev–Trinajstić information content (AvgIpc) is 2.84. The van der Waals surface area contributed by atoms with E-state index in [1.54, 1.807) is 19.2 Å². The molecule has 1 atom stereocenters. The molecule has 1 unspecified atom stereocenters. The molecule has 0 radical (unpaired) electrons. The first kappa shape index (κ1) is 16.7. The predicted octanol–water partition coefficient (Wildman–Crippen LogP) is 0.651. The van der Waals surface area contributed by atoms with Gasteiger partial charge < -0.3 is 15.0 Å². The highest BCUT2D eigenvalue weighted by atomic mass is 19.1. The largest absolute Gasteiger partial charge is 0.489 e. The molecule has 0 spiro atoms. The Bertz CT molecular complexity index is 608. The van der Waals surface area contributed by atoms with E-state index in [-0.39, 0.29) is 37.6 Å². The lowest BCUT2D eigenvalue weighted by atomic mass is 10.1. The van der Waals surface area contributed by atoms with Crippen molar-refractivity contribution < 1.29 is 23.5 Å². The molecule has 7 nitrogen and oxygen atoms in total. The van der Waals surface area contributed by atoms with E-state index in [1.165, 1.54) is 17.0 Å². The van der Waals surface area contributed by atoms with Crippen LogP contribution in [-0.2, 0) is 9.59 Å². The van der Waals surface area contributed by atoms with Crippen LogP contribution < -0.4 is 15.4 Å². The van der Waals surface area contributed by atoms with Crippen molar-refractivity contribution in [1.82, 2.24) is 15.5 Å². The lowest BCUT2D eigenvalue weighted by Gasteiger charge is -2.18. The summed E-state index contributed by atoms with van der Waals surface area (Å²) in [4.78, 5) is 35.7. The first-order chi connectivity index (χ1) is 11.0. The summed E-state index contributed by atoms with van der Waals surface area (Å²) in [6, 6.07) is 4.82. The van der Waals surface area contributed by atoms with Gasteiger partial charge in [-0.25, -0.2) is 9.18 Å². The molecule has 1 fully saturated rings. The number of hydrogen-bond donors (Lipinski definition) is 2. The molecular weight excluding hydrogens is 305 g/mol. The van der Waals surface area contributed by atoms with Gasteiger partial charge in [-0.3, -0.25) is 14.9 Å². The number of urea groups is 1. The van der Waals surface area contributed by atoms with Gasteiger partial charge in [0.2, 0.25) is 5.91 Å². The summed E-state index contributed by atoms with van der Waals surface area (Å²) in [6.45, 7) is 0.445. The van der Waals surface area contributed by atoms with Gasteiger partial charge in [0.1, 0.15) is 12.6 Å². The van der Waals surface area contributed by atoms with Gasteiger partial charge in [-0.15, -0.1) is 0 Å². The van der Waals surface area contributed by atoms with Gasteiger partial charge >= 0.3 is 6.03 Å². The molecule has 0 aliphatic carbocycles. The summed E-state index contributed by atoms with van der Waals surface area (Å²) in [7, 11) is 1.60. The monoisotopic (exact) mass is 323 g/mol. The Balaban J connectivity index is 1.70. The highest BCUT2D eigenvalue weighted by molar-refractivity contribution is 6.04. The molecule has 1 saturated heterocycles. The first-order valence-corrected chi connectivity index (χ1v) is 7.20. The minimum atomic E-state index is -0.672. The van der Waals surface area contributed by atoms with Gasteiger partial charge in [0, 0.05) is 13.5 Å². The number of nitrogens with zero attached hydrogens (tertiary/aromatic N) is 1. The Hall–Kier alpha value is -2.64. The molecule has 4 amide bonds. The zero-order valence-corrected chi connectivity index (χ0v) is 12.7. The minimum Gasteiger partial charge on any atom is -0.489 e. The number of rotatable bonds is 7. The van der Waals surface area contributed by atoms with Gasteiger partial charge in [0.15, 0.2) is 11.6 Å². The fourth-order valence-corrected chi connectivity index (χ4v) is 2.10. The SMILES string of the molecule is CN(CCOc1ccccc1F)C(=O)CCC1NC(=O)NC1=O. The molecular formula is C15H18FN3O4. The molecule has 0 aromatic heterocycles. The van der Waals surface area contributed by atoms with Crippen molar-refractivity contribution >= 4 is 17.8 Å². The van der Waals surface area contributed by atoms with Crippen molar-refractivity contribution in [3.05, 3.63) is 30.1 Å². The normalized spacial score (nSPS) is 16.7. The summed E-state index contributed by atoms with van der Waals surface area (Å²) in [5, 5.41) is 4.54. The summed E-state index contributed by atoms with van der Waals surface area (Å²) < 4.78 is 18.6. The van der Waals surface area contributed by atoms with E-state index >= 15 is 0 Å². The number of carbonyl (C=O) groups excluding carboxylic acids is 3. The van der Waals surface area contributed by atoms with Crippen LogP contribution in [0.4, 0.5) is 9.18 Å². The van der Waals surface area contributed by atoms with Crippen LogP contribution in [0, 0.1) is 5.82 Å².